The summed E-state index contributed by atoms with van der Waals surface area (Å²) < 4.78 is 0. The van der Waals surface area contributed by atoms with Crippen LogP contribution in [0.4, 0.5) is 0 Å². The Morgan fingerprint density at radius 3 is 2.54 bits per heavy atom. The summed E-state index contributed by atoms with van der Waals surface area (Å²) in [5, 5.41) is 2.92. The van der Waals surface area contributed by atoms with E-state index in [0.717, 1.165) is 24.0 Å². The number of rotatable bonds is 5. The van der Waals surface area contributed by atoms with Crippen molar-refractivity contribution in [2.45, 2.75) is 45.2 Å². The first-order valence-electron chi connectivity index (χ1n) is 9.13. The van der Waals surface area contributed by atoms with Crippen LogP contribution in [0.15, 0.2) is 48.5 Å². The second kappa shape index (κ2) is 7.73. The molecule has 136 valence electrons. The van der Waals surface area contributed by atoms with Crippen LogP contribution >= 0.6 is 0 Å². The SMILES string of the molecule is CC(=O)NC(CC(=O)N(C)C1CCc2ccccc21)c1ccc(C)cc1. The van der Waals surface area contributed by atoms with Crippen molar-refractivity contribution < 1.29 is 9.59 Å². The lowest BCUT2D eigenvalue weighted by Crippen LogP contribution is -2.35. The first-order valence-corrected chi connectivity index (χ1v) is 9.13. The van der Waals surface area contributed by atoms with Gasteiger partial charge < -0.3 is 10.2 Å². The zero-order valence-corrected chi connectivity index (χ0v) is 15.7. The highest BCUT2D eigenvalue weighted by Crippen LogP contribution is 2.35. The van der Waals surface area contributed by atoms with E-state index >= 15 is 0 Å². The van der Waals surface area contributed by atoms with Crippen molar-refractivity contribution in [1.82, 2.24) is 10.2 Å². The molecule has 1 N–H and O–H groups in total. The Kier molecular flexibility index (Phi) is 5.40. The molecule has 26 heavy (non-hydrogen) atoms. The first kappa shape index (κ1) is 18.2. The van der Waals surface area contributed by atoms with Crippen LogP contribution in [-0.2, 0) is 16.0 Å². The third-order valence-electron chi connectivity index (χ3n) is 5.20. The maximum Gasteiger partial charge on any atom is 0.225 e. The Morgan fingerprint density at radius 1 is 1.15 bits per heavy atom. The van der Waals surface area contributed by atoms with E-state index in [9.17, 15) is 9.59 Å². The topological polar surface area (TPSA) is 49.4 Å². The molecule has 0 fully saturated rings. The summed E-state index contributed by atoms with van der Waals surface area (Å²) in [7, 11) is 1.87. The lowest BCUT2D eigenvalue weighted by atomic mass is 10.0. The minimum absolute atomic E-state index is 0.0472. The molecular formula is C22H26N2O2. The van der Waals surface area contributed by atoms with Gasteiger partial charge in [-0.2, -0.15) is 0 Å². The second-order valence-corrected chi connectivity index (χ2v) is 7.13. The highest BCUT2D eigenvalue weighted by molar-refractivity contribution is 5.79. The van der Waals surface area contributed by atoms with Crippen LogP contribution in [0.2, 0.25) is 0 Å². The Hall–Kier alpha value is -2.62. The van der Waals surface area contributed by atoms with Gasteiger partial charge in [0.15, 0.2) is 0 Å². The van der Waals surface area contributed by atoms with Gasteiger partial charge in [-0.15, -0.1) is 0 Å². The third kappa shape index (κ3) is 3.96. The maximum atomic E-state index is 12.9. The Labute approximate surface area is 155 Å². The van der Waals surface area contributed by atoms with Crippen molar-refractivity contribution in [3.8, 4) is 0 Å². The predicted molar refractivity (Wildman–Crippen MR) is 103 cm³/mol. The van der Waals surface area contributed by atoms with Crippen molar-refractivity contribution in [3.63, 3.8) is 0 Å². The van der Waals surface area contributed by atoms with Crippen LogP contribution < -0.4 is 5.32 Å². The number of amides is 2. The molecular weight excluding hydrogens is 324 g/mol. The van der Waals surface area contributed by atoms with Crippen LogP contribution in [0.1, 0.15) is 54.1 Å². The lowest BCUT2D eigenvalue weighted by Gasteiger charge is -2.28. The third-order valence-corrected chi connectivity index (χ3v) is 5.20. The average Bonchev–Trinajstić information content (AvgIpc) is 3.04. The largest absolute Gasteiger partial charge is 0.349 e. The van der Waals surface area contributed by atoms with Crippen molar-refractivity contribution in [1.29, 1.82) is 0 Å². The molecule has 0 bridgehead atoms. The van der Waals surface area contributed by atoms with Gasteiger partial charge in [0.2, 0.25) is 11.8 Å². The number of carbonyl (C=O) groups excluding carboxylic acids is 2. The maximum absolute atomic E-state index is 12.9. The number of carbonyl (C=O) groups is 2. The van der Waals surface area contributed by atoms with E-state index in [-0.39, 0.29) is 30.3 Å². The van der Waals surface area contributed by atoms with Gasteiger partial charge in [-0.05, 0) is 36.5 Å². The van der Waals surface area contributed by atoms with E-state index in [1.807, 2.05) is 55.3 Å². The molecule has 0 spiro atoms. The first-order chi connectivity index (χ1) is 12.5. The van der Waals surface area contributed by atoms with E-state index in [1.165, 1.54) is 18.1 Å². The molecule has 2 unspecified atom stereocenters. The number of fused-ring (bicyclic) bond motifs is 1. The molecule has 3 rings (SSSR count). The molecule has 0 saturated carbocycles. The van der Waals surface area contributed by atoms with E-state index in [1.54, 1.807) is 0 Å². The molecule has 0 saturated heterocycles. The molecule has 1 aliphatic carbocycles. The van der Waals surface area contributed by atoms with Gasteiger partial charge >= 0.3 is 0 Å². The number of benzene rings is 2. The molecule has 0 heterocycles. The lowest BCUT2D eigenvalue weighted by molar-refractivity contribution is -0.133. The molecule has 2 aromatic carbocycles. The average molecular weight is 350 g/mol. The summed E-state index contributed by atoms with van der Waals surface area (Å²) >= 11 is 0. The van der Waals surface area contributed by atoms with Gasteiger partial charge in [0.1, 0.15) is 0 Å². The summed E-state index contributed by atoms with van der Waals surface area (Å²) in [6.07, 6.45) is 2.22. The Morgan fingerprint density at radius 2 is 1.85 bits per heavy atom. The Bertz CT molecular complexity index is 798. The molecule has 4 nitrogen and oxygen atoms in total. The van der Waals surface area contributed by atoms with E-state index in [4.69, 9.17) is 0 Å². The van der Waals surface area contributed by atoms with Crippen LogP contribution in [0.3, 0.4) is 0 Å². The minimum atomic E-state index is -0.306. The van der Waals surface area contributed by atoms with E-state index in [0.29, 0.717) is 0 Å². The fourth-order valence-electron chi connectivity index (χ4n) is 3.73. The summed E-state index contributed by atoms with van der Waals surface area (Å²) in [4.78, 5) is 26.4. The highest BCUT2D eigenvalue weighted by atomic mass is 16.2. The van der Waals surface area contributed by atoms with Gasteiger partial charge in [-0.25, -0.2) is 0 Å². The van der Waals surface area contributed by atoms with E-state index in [2.05, 4.69) is 17.4 Å². The summed E-state index contributed by atoms with van der Waals surface area (Å²) in [6, 6.07) is 16.1. The molecule has 2 atom stereocenters. The number of nitrogens with one attached hydrogen (secondary N) is 1. The zero-order valence-electron chi connectivity index (χ0n) is 15.7. The van der Waals surface area contributed by atoms with Gasteiger partial charge in [-0.3, -0.25) is 9.59 Å². The standard InChI is InChI=1S/C22H26N2O2/c1-15-8-10-18(11-9-15)20(23-16(2)25)14-22(26)24(3)21-13-12-17-6-4-5-7-19(17)21/h4-11,20-21H,12-14H2,1-3H3,(H,23,25). The van der Waals surface area contributed by atoms with Crippen molar-refractivity contribution in [3.05, 3.63) is 70.8 Å². The number of nitrogens with zero attached hydrogens (tertiary/aromatic N) is 1. The molecule has 0 radical (unpaired) electrons. The van der Waals surface area contributed by atoms with Gasteiger partial charge in [0.25, 0.3) is 0 Å². The van der Waals surface area contributed by atoms with Crippen molar-refractivity contribution in [2.75, 3.05) is 7.05 Å². The zero-order chi connectivity index (χ0) is 18.7. The fraction of sp³-hybridized carbons (Fsp3) is 0.364. The van der Waals surface area contributed by atoms with Crippen LogP contribution in [-0.4, -0.2) is 23.8 Å². The summed E-state index contributed by atoms with van der Waals surface area (Å²) in [5.41, 5.74) is 4.68. The number of aryl methyl sites for hydroxylation is 2. The number of hydrogen-bond acceptors (Lipinski definition) is 2. The van der Waals surface area contributed by atoms with Crippen molar-refractivity contribution in [2.24, 2.45) is 0 Å². The van der Waals surface area contributed by atoms with Crippen LogP contribution in [0.5, 0.6) is 0 Å². The molecule has 0 aromatic heterocycles. The predicted octanol–water partition coefficient (Wildman–Crippen LogP) is 3.71. The Balaban J connectivity index is 1.75. The van der Waals surface area contributed by atoms with E-state index < -0.39 is 0 Å². The smallest absolute Gasteiger partial charge is 0.225 e. The van der Waals surface area contributed by atoms with Gasteiger partial charge in [-0.1, -0.05) is 54.1 Å². The molecule has 1 aliphatic rings. The van der Waals surface area contributed by atoms with Gasteiger partial charge in [0, 0.05) is 14.0 Å². The molecule has 2 amide bonds. The van der Waals surface area contributed by atoms with Crippen molar-refractivity contribution >= 4 is 11.8 Å². The highest BCUT2D eigenvalue weighted by Gasteiger charge is 2.29. The molecule has 2 aromatic rings. The quantitative estimate of drug-likeness (QED) is 0.894. The monoisotopic (exact) mass is 350 g/mol. The van der Waals surface area contributed by atoms with Gasteiger partial charge in [0.05, 0.1) is 18.5 Å². The van der Waals surface area contributed by atoms with Crippen LogP contribution in [0, 0.1) is 6.92 Å². The molecule has 4 heteroatoms. The normalized spacial score (nSPS) is 16.7. The summed E-state index contributed by atoms with van der Waals surface area (Å²) in [6.45, 7) is 3.51. The fourth-order valence-corrected chi connectivity index (χ4v) is 3.73. The molecule has 0 aliphatic heterocycles. The van der Waals surface area contributed by atoms with Crippen LogP contribution in [0.25, 0.3) is 0 Å². The number of hydrogen-bond donors (Lipinski definition) is 1. The minimum Gasteiger partial charge on any atom is -0.349 e. The summed E-state index contributed by atoms with van der Waals surface area (Å²) in [5.74, 6) is -0.0803. The second-order valence-electron chi connectivity index (χ2n) is 7.13.